The third-order valence-corrected chi connectivity index (χ3v) is 2.94. The molecule has 1 aliphatic carbocycles. The Morgan fingerprint density at radius 2 is 1.82 bits per heavy atom. The maximum Gasteiger partial charge on any atom is 0.335 e. The first-order valence-electron chi connectivity index (χ1n) is 5.34. The Morgan fingerprint density at radius 3 is 2.29 bits per heavy atom. The molecule has 1 atom stereocenters. The van der Waals surface area contributed by atoms with E-state index in [4.69, 9.17) is 5.11 Å². The van der Waals surface area contributed by atoms with Gasteiger partial charge in [-0.15, -0.1) is 0 Å². The minimum absolute atomic E-state index is 0.358. The number of benzene rings is 1. The molecule has 5 heteroatoms. The predicted molar refractivity (Wildman–Crippen MR) is 59.5 cm³/mol. The monoisotopic (exact) mass is 235 g/mol. The summed E-state index contributed by atoms with van der Waals surface area (Å²) in [4.78, 5) is 22.5. The highest BCUT2D eigenvalue weighted by Gasteiger charge is 2.53. The number of aliphatic hydroxyl groups is 1. The van der Waals surface area contributed by atoms with Gasteiger partial charge in [0.15, 0.2) is 6.10 Å². The largest absolute Gasteiger partial charge is 0.479 e. The van der Waals surface area contributed by atoms with E-state index in [2.05, 4.69) is 5.32 Å². The summed E-state index contributed by atoms with van der Waals surface area (Å²) < 4.78 is 0. The quantitative estimate of drug-likeness (QED) is 0.704. The summed E-state index contributed by atoms with van der Waals surface area (Å²) in [5, 5.41) is 20.8. The number of carbonyl (C=O) groups is 2. The minimum atomic E-state index is -1.55. The molecule has 1 aliphatic rings. The van der Waals surface area contributed by atoms with E-state index in [-0.39, 0.29) is 5.91 Å². The van der Waals surface area contributed by atoms with Gasteiger partial charge in [0.25, 0.3) is 5.91 Å². The van der Waals surface area contributed by atoms with Crippen LogP contribution in [0.2, 0.25) is 0 Å². The summed E-state index contributed by atoms with van der Waals surface area (Å²) in [5.41, 5.74) is -0.532. The molecule has 0 spiro atoms. The zero-order valence-electron chi connectivity index (χ0n) is 9.09. The normalized spacial score (nSPS) is 18.2. The van der Waals surface area contributed by atoms with Gasteiger partial charge in [-0.1, -0.05) is 18.2 Å². The van der Waals surface area contributed by atoms with Crippen LogP contribution >= 0.6 is 0 Å². The van der Waals surface area contributed by atoms with Crippen molar-refractivity contribution in [3.05, 3.63) is 35.9 Å². The molecule has 0 aromatic heterocycles. The molecule has 1 unspecified atom stereocenters. The molecule has 17 heavy (non-hydrogen) atoms. The summed E-state index contributed by atoms with van der Waals surface area (Å²) in [7, 11) is 0. The third kappa shape index (κ3) is 2.29. The van der Waals surface area contributed by atoms with Crippen molar-refractivity contribution in [2.75, 3.05) is 0 Å². The second kappa shape index (κ2) is 4.18. The zero-order chi connectivity index (χ0) is 12.5. The summed E-state index contributed by atoms with van der Waals surface area (Å²) >= 11 is 0. The molecule has 0 bridgehead atoms. The lowest BCUT2D eigenvalue weighted by Crippen LogP contribution is -2.49. The van der Waals surface area contributed by atoms with Gasteiger partial charge in [0.05, 0.1) is 5.54 Å². The van der Waals surface area contributed by atoms with Crippen LogP contribution in [0.5, 0.6) is 0 Å². The average molecular weight is 235 g/mol. The van der Waals surface area contributed by atoms with Crippen LogP contribution in [0.1, 0.15) is 23.2 Å². The molecule has 0 saturated heterocycles. The molecular formula is C12H13NO4. The first-order valence-corrected chi connectivity index (χ1v) is 5.34. The molecule has 3 N–H and O–H groups in total. The fraction of sp³-hybridized carbons (Fsp3) is 0.333. The van der Waals surface area contributed by atoms with E-state index < -0.39 is 17.6 Å². The lowest BCUT2D eigenvalue weighted by Gasteiger charge is -2.20. The zero-order valence-corrected chi connectivity index (χ0v) is 9.09. The number of rotatable bonds is 4. The molecule has 5 nitrogen and oxygen atoms in total. The molecule has 1 aromatic rings. The maximum atomic E-state index is 11.8. The van der Waals surface area contributed by atoms with E-state index in [0.29, 0.717) is 18.4 Å². The van der Waals surface area contributed by atoms with Crippen molar-refractivity contribution in [3.63, 3.8) is 0 Å². The average Bonchev–Trinajstić information content (AvgIpc) is 3.10. The van der Waals surface area contributed by atoms with Gasteiger partial charge in [0, 0.05) is 5.56 Å². The van der Waals surface area contributed by atoms with E-state index in [1.165, 1.54) is 0 Å². The smallest absolute Gasteiger partial charge is 0.335 e. The van der Waals surface area contributed by atoms with Crippen LogP contribution in [-0.4, -0.2) is 33.7 Å². The number of hydrogen-bond donors (Lipinski definition) is 3. The Kier molecular flexibility index (Phi) is 2.85. The van der Waals surface area contributed by atoms with E-state index >= 15 is 0 Å². The number of aliphatic hydroxyl groups excluding tert-OH is 1. The van der Waals surface area contributed by atoms with Gasteiger partial charge in [-0.25, -0.2) is 4.79 Å². The van der Waals surface area contributed by atoms with Crippen LogP contribution in [0.15, 0.2) is 30.3 Å². The van der Waals surface area contributed by atoms with Gasteiger partial charge in [-0.05, 0) is 25.0 Å². The number of hydrogen-bond acceptors (Lipinski definition) is 3. The second-order valence-electron chi connectivity index (χ2n) is 4.22. The van der Waals surface area contributed by atoms with Gasteiger partial charge in [0.2, 0.25) is 0 Å². The SMILES string of the molecule is O=C(NC1(C(O)C(=O)O)CC1)c1ccccc1. The van der Waals surface area contributed by atoms with E-state index in [0.717, 1.165) is 0 Å². The van der Waals surface area contributed by atoms with Gasteiger partial charge in [-0.2, -0.15) is 0 Å². The molecule has 0 radical (unpaired) electrons. The molecule has 1 aromatic carbocycles. The summed E-state index contributed by atoms with van der Waals surface area (Å²) in [6.07, 6.45) is -0.576. The Labute approximate surface area is 98.1 Å². The van der Waals surface area contributed by atoms with Gasteiger partial charge < -0.3 is 15.5 Å². The van der Waals surface area contributed by atoms with Gasteiger partial charge in [-0.3, -0.25) is 4.79 Å². The molecular weight excluding hydrogens is 222 g/mol. The van der Waals surface area contributed by atoms with Crippen molar-refractivity contribution in [1.29, 1.82) is 0 Å². The van der Waals surface area contributed by atoms with E-state index in [1.807, 2.05) is 0 Å². The third-order valence-electron chi connectivity index (χ3n) is 2.94. The summed E-state index contributed by atoms with van der Waals surface area (Å²) in [6.45, 7) is 0. The van der Waals surface area contributed by atoms with Crippen LogP contribution in [0.3, 0.4) is 0 Å². The lowest BCUT2D eigenvalue weighted by molar-refractivity contribution is -0.148. The second-order valence-corrected chi connectivity index (χ2v) is 4.22. The Morgan fingerprint density at radius 1 is 1.24 bits per heavy atom. The minimum Gasteiger partial charge on any atom is -0.479 e. The molecule has 1 saturated carbocycles. The highest BCUT2D eigenvalue weighted by Crippen LogP contribution is 2.39. The van der Waals surface area contributed by atoms with E-state index in [1.54, 1.807) is 30.3 Å². The number of amides is 1. The number of nitrogens with one attached hydrogen (secondary N) is 1. The molecule has 2 rings (SSSR count). The first kappa shape index (κ1) is 11.6. The standard InChI is InChI=1S/C12H13NO4/c14-9(11(16)17)12(6-7-12)13-10(15)8-4-2-1-3-5-8/h1-5,9,14H,6-7H2,(H,13,15)(H,16,17). The van der Waals surface area contributed by atoms with Crippen LogP contribution < -0.4 is 5.32 Å². The van der Waals surface area contributed by atoms with Crippen molar-refractivity contribution < 1.29 is 19.8 Å². The molecule has 0 aliphatic heterocycles. The number of carboxylic acids is 1. The van der Waals surface area contributed by atoms with Crippen LogP contribution in [-0.2, 0) is 4.79 Å². The fourth-order valence-corrected chi connectivity index (χ4v) is 1.73. The van der Waals surface area contributed by atoms with Gasteiger partial charge in [0.1, 0.15) is 0 Å². The first-order chi connectivity index (χ1) is 8.05. The predicted octanol–water partition coefficient (Wildman–Crippen LogP) is 0.394. The molecule has 1 fully saturated rings. The molecule has 90 valence electrons. The van der Waals surface area contributed by atoms with Crippen LogP contribution in [0, 0.1) is 0 Å². The van der Waals surface area contributed by atoms with Crippen LogP contribution in [0.4, 0.5) is 0 Å². The number of carbonyl (C=O) groups excluding carboxylic acids is 1. The van der Waals surface area contributed by atoms with E-state index in [9.17, 15) is 14.7 Å². The molecule has 0 heterocycles. The lowest BCUT2D eigenvalue weighted by atomic mass is 10.1. The van der Waals surface area contributed by atoms with Crippen molar-refractivity contribution in [2.24, 2.45) is 0 Å². The highest BCUT2D eigenvalue weighted by atomic mass is 16.4. The van der Waals surface area contributed by atoms with Crippen LogP contribution in [0.25, 0.3) is 0 Å². The van der Waals surface area contributed by atoms with Crippen molar-refractivity contribution in [1.82, 2.24) is 5.32 Å². The maximum absolute atomic E-state index is 11.8. The topological polar surface area (TPSA) is 86.6 Å². The molecule has 1 amide bonds. The van der Waals surface area contributed by atoms with Crippen molar-refractivity contribution in [3.8, 4) is 0 Å². The fourth-order valence-electron chi connectivity index (χ4n) is 1.73. The Hall–Kier alpha value is -1.88. The highest BCUT2D eigenvalue weighted by molar-refractivity contribution is 5.95. The Bertz CT molecular complexity index is 439. The number of aliphatic carboxylic acids is 1. The summed E-state index contributed by atoms with van der Waals surface area (Å²) in [6, 6.07) is 8.51. The summed E-state index contributed by atoms with van der Waals surface area (Å²) in [5.74, 6) is -1.67. The van der Waals surface area contributed by atoms with Crippen molar-refractivity contribution in [2.45, 2.75) is 24.5 Å². The Balaban J connectivity index is 2.07. The van der Waals surface area contributed by atoms with Crippen molar-refractivity contribution >= 4 is 11.9 Å². The van der Waals surface area contributed by atoms with Gasteiger partial charge >= 0.3 is 5.97 Å². The number of carboxylic acid groups (broad SMARTS) is 1.